The molecule has 33 heavy (non-hydrogen) atoms. The average molecular weight is 456 g/mol. The first-order valence-corrected chi connectivity index (χ1v) is 11.8. The van der Waals surface area contributed by atoms with Gasteiger partial charge in [0, 0.05) is 46.8 Å². The number of Topliss-reactive ketones (excluding diaryl/α,β-unsaturated/α-hetero) is 1. The van der Waals surface area contributed by atoms with E-state index in [9.17, 15) is 4.79 Å². The number of thiophene rings is 1. The molecule has 5 rings (SSSR count). The third-order valence-corrected chi connectivity index (χ3v) is 6.89. The van der Waals surface area contributed by atoms with Crippen molar-refractivity contribution in [1.82, 2.24) is 23.9 Å². The summed E-state index contributed by atoms with van der Waals surface area (Å²) in [5.74, 6) is 0.956. The lowest BCUT2D eigenvalue weighted by Crippen LogP contribution is -2.08. The molecule has 0 atom stereocenters. The molecule has 0 spiro atoms. The number of hydrogen-bond donors (Lipinski definition) is 0. The second kappa shape index (κ2) is 8.41. The molecular weight excluding hydrogens is 430 g/mol. The summed E-state index contributed by atoms with van der Waals surface area (Å²) in [5.41, 5.74) is 6.36. The van der Waals surface area contributed by atoms with E-state index >= 15 is 0 Å². The number of rotatable bonds is 6. The summed E-state index contributed by atoms with van der Waals surface area (Å²) in [5, 5.41) is 0. The molecule has 0 unspecified atom stereocenters. The molecule has 0 N–H and O–H groups in total. The zero-order valence-corrected chi connectivity index (χ0v) is 20.0. The largest absolute Gasteiger partial charge is 0.298 e. The summed E-state index contributed by atoms with van der Waals surface area (Å²) in [7, 11) is 0. The molecule has 0 aliphatic carbocycles. The fourth-order valence-electron chi connectivity index (χ4n) is 4.11. The Bertz CT molecular complexity index is 1450. The normalized spacial score (nSPS) is 11.4. The van der Waals surface area contributed by atoms with Gasteiger partial charge in [0.05, 0.1) is 22.5 Å². The molecule has 0 aliphatic heterocycles. The molecule has 166 valence electrons. The van der Waals surface area contributed by atoms with Crippen LogP contribution in [0.2, 0.25) is 0 Å². The van der Waals surface area contributed by atoms with Crippen LogP contribution in [-0.2, 0) is 6.42 Å². The average Bonchev–Trinajstić information content (AvgIpc) is 3.51. The maximum absolute atomic E-state index is 13.3. The highest BCUT2D eigenvalue weighted by atomic mass is 32.1. The van der Waals surface area contributed by atoms with Gasteiger partial charge in [0.2, 0.25) is 0 Å². The monoisotopic (exact) mass is 455 g/mol. The number of fused-ring (bicyclic) bond motifs is 1. The van der Waals surface area contributed by atoms with Gasteiger partial charge in [-0.2, -0.15) is 0 Å². The van der Waals surface area contributed by atoms with Crippen LogP contribution in [0.3, 0.4) is 0 Å². The van der Waals surface area contributed by atoms with Crippen LogP contribution in [0.5, 0.6) is 0 Å². The highest BCUT2D eigenvalue weighted by Crippen LogP contribution is 2.31. The first-order valence-electron chi connectivity index (χ1n) is 10.9. The molecule has 0 aliphatic rings. The molecule has 0 saturated carbocycles. The first kappa shape index (κ1) is 21.3. The number of hydrogen-bond acceptors (Lipinski definition) is 5. The number of imidazole rings is 2. The molecular formula is C26H25N5OS. The van der Waals surface area contributed by atoms with Gasteiger partial charge in [0.15, 0.2) is 11.4 Å². The van der Waals surface area contributed by atoms with Crippen LogP contribution in [-0.4, -0.2) is 29.7 Å². The van der Waals surface area contributed by atoms with E-state index in [4.69, 9.17) is 4.98 Å². The minimum Gasteiger partial charge on any atom is -0.298 e. The van der Waals surface area contributed by atoms with Crippen molar-refractivity contribution in [3.8, 4) is 16.3 Å². The van der Waals surface area contributed by atoms with Gasteiger partial charge in [-0.25, -0.2) is 9.97 Å². The van der Waals surface area contributed by atoms with Gasteiger partial charge in [0.1, 0.15) is 5.82 Å². The van der Waals surface area contributed by atoms with E-state index in [0.29, 0.717) is 18.4 Å². The van der Waals surface area contributed by atoms with E-state index in [0.717, 1.165) is 44.7 Å². The predicted molar refractivity (Wildman–Crippen MR) is 131 cm³/mol. The molecule has 6 nitrogen and oxygen atoms in total. The molecule has 0 aromatic carbocycles. The van der Waals surface area contributed by atoms with E-state index in [1.54, 1.807) is 11.3 Å². The summed E-state index contributed by atoms with van der Waals surface area (Å²) in [6.45, 7) is 8.04. The quantitative estimate of drug-likeness (QED) is 0.308. The third kappa shape index (κ3) is 4.00. The van der Waals surface area contributed by atoms with Crippen LogP contribution >= 0.6 is 11.3 Å². The lowest BCUT2D eigenvalue weighted by atomic mass is 10.0. The van der Waals surface area contributed by atoms with Crippen molar-refractivity contribution in [2.24, 2.45) is 0 Å². The molecule has 5 heterocycles. The predicted octanol–water partition coefficient (Wildman–Crippen LogP) is 5.69. The highest BCUT2D eigenvalue weighted by Gasteiger charge is 2.19. The van der Waals surface area contributed by atoms with E-state index in [1.165, 1.54) is 4.88 Å². The highest BCUT2D eigenvalue weighted by molar-refractivity contribution is 7.15. The summed E-state index contributed by atoms with van der Waals surface area (Å²) in [4.78, 5) is 29.2. The van der Waals surface area contributed by atoms with Gasteiger partial charge in [-0.3, -0.25) is 18.7 Å². The molecule has 5 aromatic rings. The van der Waals surface area contributed by atoms with Gasteiger partial charge >= 0.3 is 0 Å². The standard InChI is InChI=1S/C26H25N5OS/c1-16-5-7-20(13-27-16)8-9-24(32)21-11-22(31-17(2)12-28-19(31)4)26-29-14-23(30(26)15-21)25-10-6-18(3)33-25/h5-7,10-15H,8-9H2,1-4H3. The fourth-order valence-corrected chi connectivity index (χ4v) is 4.99. The molecule has 0 bridgehead atoms. The van der Waals surface area contributed by atoms with Crippen molar-refractivity contribution in [2.75, 3.05) is 0 Å². The Labute approximate surface area is 196 Å². The second-order valence-electron chi connectivity index (χ2n) is 8.37. The van der Waals surface area contributed by atoms with E-state index in [-0.39, 0.29) is 5.78 Å². The fraction of sp³-hybridized carbons (Fsp3) is 0.231. The van der Waals surface area contributed by atoms with E-state index in [2.05, 4.69) is 33.6 Å². The van der Waals surface area contributed by atoms with Crippen molar-refractivity contribution in [1.29, 1.82) is 0 Å². The maximum Gasteiger partial charge on any atom is 0.164 e. The molecule has 7 heteroatoms. The van der Waals surface area contributed by atoms with Gasteiger partial charge in [-0.15, -0.1) is 11.3 Å². The smallest absolute Gasteiger partial charge is 0.164 e. The Morgan fingerprint density at radius 2 is 1.82 bits per heavy atom. The Kier molecular flexibility index (Phi) is 5.42. The summed E-state index contributed by atoms with van der Waals surface area (Å²) in [6.07, 6.45) is 8.58. The Hall–Kier alpha value is -3.58. The second-order valence-corrected chi connectivity index (χ2v) is 9.66. The zero-order valence-electron chi connectivity index (χ0n) is 19.2. The summed E-state index contributed by atoms with van der Waals surface area (Å²) >= 11 is 1.72. The minimum atomic E-state index is 0.0937. The molecule has 0 fully saturated rings. The summed E-state index contributed by atoms with van der Waals surface area (Å²) in [6, 6.07) is 10.2. The van der Waals surface area contributed by atoms with Crippen molar-refractivity contribution in [3.05, 3.63) is 88.3 Å². The number of ketones is 1. The van der Waals surface area contributed by atoms with Crippen LogP contribution in [0.1, 0.15) is 44.4 Å². The van der Waals surface area contributed by atoms with Gasteiger partial charge in [-0.05, 0) is 63.9 Å². The maximum atomic E-state index is 13.3. The van der Waals surface area contributed by atoms with E-state index in [1.807, 2.05) is 68.2 Å². The van der Waals surface area contributed by atoms with Crippen molar-refractivity contribution >= 4 is 22.8 Å². The number of carbonyl (C=O) groups excluding carboxylic acids is 1. The summed E-state index contributed by atoms with van der Waals surface area (Å²) < 4.78 is 4.10. The van der Waals surface area contributed by atoms with Gasteiger partial charge < -0.3 is 0 Å². The lowest BCUT2D eigenvalue weighted by molar-refractivity contribution is 0.0982. The van der Waals surface area contributed by atoms with E-state index < -0.39 is 0 Å². The van der Waals surface area contributed by atoms with Crippen molar-refractivity contribution < 1.29 is 4.79 Å². The lowest BCUT2D eigenvalue weighted by Gasteiger charge is -2.13. The van der Waals surface area contributed by atoms with Crippen LogP contribution in [0.25, 0.3) is 21.9 Å². The topological polar surface area (TPSA) is 65.1 Å². The third-order valence-electron chi connectivity index (χ3n) is 5.87. The van der Waals surface area contributed by atoms with Gasteiger partial charge in [0.25, 0.3) is 0 Å². The number of nitrogens with zero attached hydrogens (tertiary/aromatic N) is 5. The van der Waals surface area contributed by atoms with Crippen LogP contribution < -0.4 is 0 Å². The van der Waals surface area contributed by atoms with Crippen LogP contribution in [0.4, 0.5) is 0 Å². The molecule has 5 aromatic heterocycles. The zero-order chi connectivity index (χ0) is 23.1. The number of carbonyl (C=O) groups is 1. The van der Waals surface area contributed by atoms with Crippen LogP contribution in [0.15, 0.2) is 55.1 Å². The minimum absolute atomic E-state index is 0.0937. The number of aryl methyl sites for hydroxylation is 5. The van der Waals surface area contributed by atoms with Crippen molar-refractivity contribution in [2.45, 2.75) is 40.5 Å². The van der Waals surface area contributed by atoms with Crippen LogP contribution in [0, 0.1) is 27.7 Å². The molecule has 0 amide bonds. The van der Waals surface area contributed by atoms with Gasteiger partial charge in [-0.1, -0.05) is 6.07 Å². The number of aromatic nitrogens is 5. The number of pyridine rings is 2. The Morgan fingerprint density at radius 1 is 0.970 bits per heavy atom. The molecule has 0 saturated heterocycles. The Balaban J connectivity index is 1.60. The molecule has 0 radical (unpaired) electrons. The SMILES string of the molecule is Cc1ccc(CCC(=O)c2cc(-n3c(C)cnc3C)c3ncc(-c4ccc(C)s4)n3c2)cn1. The first-order chi connectivity index (χ1) is 15.9. The van der Waals surface area contributed by atoms with Crippen molar-refractivity contribution in [3.63, 3.8) is 0 Å². The Morgan fingerprint density at radius 3 is 2.48 bits per heavy atom.